The third-order valence-electron chi connectivity index (χ3n) is 12.2. The molecule has 0 spiro atoms. The standard InChI is InChI=1S/C40H45N7O4S2/c1-24-26(14-42-47(24)23-39-18-37(2)17-38(3,19-39)21-40(20-37,22-39)51-13-11-41)25-8-9-32(44-33(25)35(49)50)46-12-10-30-27(15-46)28(16-52-30)34(48)45-36-43-29-6-4-5-7-31(29)53-36/h4-9,14,16H,10-13,15,17-23,41H2,1-3H3,(H,49,50)(H,43,45,48). The lowest BCUT2D eigenvalue weighted by atomic mass is 9.39. The number of fused-ring (bicyclic) bond motifs is 2. The minimum Gasteiger partial charge on any atom is -0.476 e. The Balaban J connectivity index is 0.959. The fourth-order valence-electron chi connectivity index (χ4n) is 11.4. The van der Waals surface area contributed by atoms with Crippen LogP contribution in [-0.2, 0) is 24.2 Å². The molecule has 4 aliphatic carbocycles. The topological polar surface area (TPSA) is 148 Å². The normalized spacial score (nSPS) is 27.4. The van der Waals surface area contributed by atoms with E-state index in [1.54, 1.807) is 17.5 Å². The van der Waals surface area contributed by atoms with E-state index >= 15 is 0 Å². The Morgan fingerprint density at radius 1 is 1.02 bits per heavy atom. The number of benzene rings is 1. The van der Waals surface area contributed by atoms with Crippen molar-refractivity contribution in [2.24, 2.45) is 22.0 Å². The zero-order valence-corrected chi connectivity index (χ0v) is 32.0. The van der Waals surface area contributed by atoms with E-state index in [1.165, 1.54) is 17.8 Å². The van der Waals surface area contributed by atoms with Gasteiger partial charge in [-0.05, 0) is 97.9 Å². The van der Waals surface area contributed by atoms with E-state index in [9.17, 15) is 14.7 Å². The molecule has 4 bridgehead atoms. The van der Waals surface area contributed by atoms with Crippen LogP contribution in [0.5, 0.6) is 0 Å². The second-order valence-electron chi connectivity index (χ2n) is 16.8. The minimum atomic E-state index is -1.08. The van der Waals surface area contributed by atoms with Crippen molar-refractivity contribution < 1.29 is 19.4 Å². The Labute approximate surface area is 316 Å². The molecule has 2 atom stereocenters. The number of aromatic carboxylic acids is 1. The summed E-state index contributed by atoms with van der Waals surface area (Å²) in [5.41, 5.74) is 10.9. The van der Waals surface area contributed by atoms with E-state index in [-0.39, 0.29) is 33.4 Å². The number of rotatable bonds is 10. The fraction of sp³-hybridized carbons (Fsp3) is 0.475. The zero-order valence-electron chi connectivity index (χ0n) is 30.4. The molecular formula is C40H45N7O4S2. The summed E-state index contributed by atoms with van der Waals surface area (Å²) in [6.45, 7) is 9.93. The van der Waals surface area contributed by atoms with Gasteiger partial charge in [0.25, 0.3) is 5.91 Å². The third kappa shape index (κ3) is 6.05. The van der Waals surface area contributed by atoms with Crippen molar-refractivity contribution in [2.45, 2.75) is 84.4 Å². The van der Waals surface area contributed by atoms with Gasteiger partial charge in [0, 0.05) is 53.3 Å². The smallest absolute Gasteiger partial charge is 0.355 e. The maximum absolute atomic E-state index is 13.5. The minimum absolute atomic E-state index is 0.000896. The van der Waals surface area contributed by atoms with E-state index in [1.807, 2.05) is 48.7 Å². The summed E-state index contributed by atoms with van der Waals surface area (Å²) in [5.74, 6) is -0.706. The largest absolute Gasteiger partial charge is 0.476 e. The maximum atomic E-state index is 13.5. The molecule has 0 radical (unpaired) electrons. The van der Waals surface area contributed by atoms with Gasteiger partial charge in [0.15, 0.2) is 10.8 Å². The second kappa shape index (κ2) is 12.4. The number of anilines is 2. The number of nitrogens with zero attached hydrogens (tertiary/aromatic N) is 5. The Hall–Kier alpha value is -4.17. The quantitative estimate of drug-likeness (QED) is 0.132. The van der Waals surface area contributed by atoms with Crippen LogP contribution in [-0.4, -0.2) is 62.0 Å². The van der Waals surface area contributed by atoms with Crippen molar-refractivity contribution in [1.82, 2.24) is 19.7 Å². The van der Waals surface area contributed by atoms with Crippen molar-refractivity contribution >= 4 is 55.7 Å². The number of carboxylic acid groups (broad SMARTS) is 1. The van der Waals surface area contributed by atoms with Gasteiger partial charge in [0.2, 0.25) is 0 Å². The van der Waals surface area contributed by atoms with Gasteiger partial charge in [0.1, 0.15) is 5.82 Å². The van der Waals surface area contributed by atoms with Crippen LogP contribution >= 0.6 is 22.7 Å². The molecule has 4 aromatic heterocycles. The van der Waals surface area contributed by atoms with Gasteiger partial charge < -0.3 is 20.5 Å². The first-order valence-electron chi connectivity index (χ1n) is 18.5. The highest BCUT2D eigenvalue weighted by Crippen LogP contribution is 2.72. The first-order valence-corrected chi connectivity index (χ1v) is 20.2. The van der Waals surface area contributed by atoms with E-state index in [4.69, 9.17) is 20.6 Å². The monoisotopic (exact) mass is 751 g/mol. The number of carbonyl (C=O) groups is 2. The molecule has 5 aromatic rings. The molecule has 5 heterocycles. The van der Waals surface area contributed by atoms with E-state index < -0.39 is 5.97 Å². The summed E-state index contributed by atoms with van der Waals surface area (Å²) >= 11 is 3.04. The Morgan fingerprint density at radius 3 is 2.57 bits per heavy atom. The highest BCUT2D eigenvalue weighted by atomic mass is 32.1. The summed E-state index contributed by atoms with van der Waals surface area (Å²) in [6, 6.07) is 11.6. The molecule has 276 valence electrons. The third-order valence-corrected chi connectivity index (χ3v) is 14.2. The van der Waals surface area contributed by atoms with E-state index in [0.717, 1.165) is 77.0 Å². The summed E-state index contributed by atoms with van der Waals surface area (Å²) in [6.07, 6.45) is 9.23. The van der Waals surface area contributed by atoms with Crippen LogP contribution in [0, 0.1) is 23.2 Å². The molecule has 10 rings (SSSR count). The number of thiazole rings is 1. The predicted octanol–water partition coefficient (Wildman–Crippen LogP) is 7.53. The lowest BCUT2D eigenvalue weighted by molar-refractivity contribution is -0.247. The van der Waals surface area contributed by atoms with Gasteiger partial charge in [-0.3, -0.25) is 14.8 Å². The number of thiophene rings is 1. The molecule has 11 nitrogen and oxygen atoms in total. The molecule has 5 aliphatic rings. The van der Waals surface area contributed by atoms with Crippen molar-refractivity contribution in [3.8, 4) is 11.1 Å². The summed E-state index contributed by atoms with van der Waals surface area (Å²) in [4.78, 5) is 38.8. The summed E-state index contributed by atoms with van der Waals surface area (Å²) < 4.78 is 9.71. The van der Waals surface area contributed by atoms with Gasteiger partial charge in [-0.1, -0.05) is 37.3 Å². The molecule has 1 aromatic carbocycles. The average molecular weight is 752 g/mol. The maximum Gasteiger partial charge on any atom is 0.355 e. The molecule has 0 saturated heterocycles. The van der Waals surface area contributed by atoms with Crippen molar-refractivity contribution in [2.75, 3.05) is 29.9 Å². The lowest BCUT2D eigenvalue weighted by Gasteiger charge is -2.69. The first kappa shape index (κ1) is 34.6. The molecule has 2 unspecified atom stereocenters. The average Bonchev–Trinajstić information content (AvgIpc) is 3.81. The van der Waals surface area contributed by atoms with Gasteiger partial charge in [0.05, 0.1) is 34.2 Å². The van der Waals surface area contributed by atoms with Crippen molar-refractivity contribution in [1.29, 1.82) is 0 Å². The number of aromatic nitrogens is 4. The SMILES string of the molecule is Cc1c(-c2ccc(N3CCc4scc(C(=O)Nc5nc6ccccc6s5)c4C3)nc2C(=O)O)cnn1CC12CC3(C)CC(C)(C1)CC(OCCN)(C3)C2. The van der Waals surface area contributed by atoms with Crippen LogP contribution in [0.15, 0.2) is 48.0 Å². The van der Waals surface area contributed by atoms with Crippen molar-refractivity contribution in [3.05, 3.63) is 75.4 Å². The number of carboxylic acids is 1. The Kier molecular flexibility index (Phi) is 8.12. The summed E-state index contributed by atoms with van der Waals surface area (Å²) in [7, 11) is 0. The van der Waals surface area contributed by atoms with Gasteiger partial charge in [-0.2, -0.15) is 5.10 Å². The van der Waals surface area contributed by atoms with Gasteiger partial charge >= 0.3 is 5.97 Å². The molecule has 1 aliphatic heterocycles. The number of pyridine rings is 1. The van der Waals surface area contributed by atoms with Crippen LogP contribution in [0.2, 0.25) is 0 Å². The molecular weight excluding hydrogens is 707 g/mol. The highest BCUT2D eigenvalue weighted by Gasteiger charge is 2.66. The number of amides is 1. The molecule has 4 saturated carbocycles. The predicted molar refractivity (Wildman–Crippen MR) is 208 cm³/mol. The number of nitrogens with one attached hydrogen (secondary N) is 1. The second-order valence-corrected chi connectivity index (χ2v) is 18.8. The molecule has 4 fully saturated rings. The van der Waals surface area contributed by atoms with Gasteiger partial charge in [-0.25, -0.2) is 14.8 Å². The van der Waals surface area contributed by atoms with Crippen molar-refractivity contribution in [3.63, 3.8) is 0 Å². The van der Waals surface area contributed by atoms with Gasteiger partial charge in [-0.15, -0.1) is 11.3 Å². The van der Waals surface area contributed by atoms with Crippen LogP contribution in [0.4, 0.5) is 10.9 Å². The summed E-state index contributed by atoms with van der Waals surface area (Å²) in [5, 5.41) is 20.8. The lowest BCUT2D eigenvalue weighted by Crippen LogP contribution is -2.64. The number of nitrogens with two attached hydrogens (primary N) is 1. The fourth-order valence-corrected chi connectivity index (χ4v) is 13.3. The zero-order chi connectivity index (χ0) is 36.8. The van der Waals surface area contributed by atoms with E-state index in [2.05, 4.69) is 33.7 Å². The van der Waals surface area contributed by atoms with Crippen LogP contribution in [0.1, 0.15) is 89.4 Å². The van der Waals surface area contributed by atoms with E-state index in [0.29, 0.717) is 48.3 Å². The number of para-hydroxylation sites is 1. The molecule has 4 N–H and O–H groups in total. The molecule has 13 heteroatoms. The highest BCUT2D eigenvalue weighted by molar-refractivity contribution is 7.22. The molecule has 1 amide bonds. The van der Waals surface area contributed by atoms with Crippen LogP contribution < -0.4 is 16.0 Å². The number of carbonyl (C=O) groups excluding carboxylic acids is 1. The van der Waals surface area contributed by atoms with Crippen LogP contribution in [0.3, 0.4) is 0 Å². The Bertz CT molecular complexity index is 2220. The number of hydrogen-bond donors (Lipinski definition) is 3. The Morgan fingerprint density at radius 2 is 1.81 bits per heavy atom. The number of hydrogen-bond acceptors (Lipinski definition) is 10. The molecule has 53 heavy (non-hydrogen) atoms. The first-order chi connectivity index (χ1) is 25.4. The number of ether oxygens (including phenoxy) is 1. The van der Waals surface area contributed by atoms with Crippen LogP contribution in [0.25, 0.3) is 21.3 Å².